The van der Waals surface area contributed by atoms with E-state index < -0.39 is 0 Å². The molecule has 0 saturated carbocycles. The van der Waals surface area contributed by atoms with Gasteiger partial charge in [0.1, 0.15) is 0 Å². The minimum atomic E-state index is 0. The normalized spacial score (nSPS) is 12.4. The summed E-state index contributed by atoms with van der Waals surface area (Å²) in [4.78, 5) is 2.00. The third kappa shape index (κ3) is 15.7. The first-order valence-electron chi connectivity index (χ1n) is 3.16. The summed E-state index contributed by atoms with van der Waals surface area (Å²) in [7, 11) is 6.00. The van der Waals surface area contributed by atoms with Crippen LogP contribution in [0.2, 0.25) is 0 Å². The Hall–Kier alpha value is -0.0405. The summed E-state index contributed by atoms with van der Waals surface area (Å²) in [6.45, 7) is 0. The van der Waals surface area contributed by atoms with E-state index in [1.54, 1.807) is 0 Å². The standard InChI is InChI=1S/C5H6.C3H9N.Mn/c1-2-4-5-3-1;1-4(2)3;/h1-4H,5H2;1-3H3;. The smallest absolute Gasteiger partial charge is 0 e. The zero-order chi connectivity index (χ0) is 7.11. The Morgan fingerprint density at radius 3 is 1.40 bits per heavy atom. The third-order valence-corrected chi connectivity index (χ3v) is 0.655. The van der Waals surface area contributed by atoms with Gasteiger partial charge in [0, 0.05) is 17.1 Å². The summed E-state index contributed by atoms with van der Waals surface area (Å²) in [6, 6.07) is 0. The molecule has 0 aromatic rings. The second-order valence-corrected chi connectivity index (χ2v) is 2.43. The molecule has 0 atom stereocenters. The number of nitrogens with zero attached hydrogens (tertiary/aromatic N) is 1. The molecule has 59 valence electrons. The Kier molecular flexibility index (Phi) is 11.3. The van der Waals surface area contributed by atoms with E-state index in [1.165, 1.54) is 0 Å². The maximum atomic E-state index is 2.12. The van der Waals surface area contributed by atoms with E-state index in [2.05, 4.69) is 24.3 Å². The number of hydrogen-bond acceptors (Lipinski definition) is 1. The molecule has 0 N–H and O–H groups in total. The molecule has 2 heteroatoms. The summed E-state index contributed by atoms with van der Waals surface area (Å²) < 4.78 is 0. The fourth-order valence-electron chi connectivity index (χ4n) is 0.393. The van der Waals surface area contributed by atoms with Gasteiger partial charge in [-0.05, 0) is 27.6 Å². The Bertz CT molecular complexity index is 93.1. The van der Waals surface area contributed by atoms with E-state index in [-0.39, 0.29) is 17.1 Å². The van der Waals surface area contributed by atoms with Gasteiger partial charge in [0.25, 0.3) is 0 Å². The van der Waals surface area contributed by atoms with Crippen molar-refractivity contribution in [2.75, 3.05) is 21.1 Å². The predicted octanol–water partition coefficient (Wildman–Crippen LogP) is 1.68. The van der Waals surface area contributed by atoms with Crippen molar-refractivity contribution in [1.82, 2.24) is 4.90 Å². The van der Waals surface area contributed by atoms with Gasteiger partial charge in [-0.3, -0.25) is 0 Å². The minimum absolute atomic E-state index is 0. The Morgan fingerprint density at radius 1 is 1.00 bits per heavy atom. The van der Waals surface area contributed by atoms with Crippen molar-refractivity contribution in [3.63, 3.8) is 0 Å². The molecule has 0 unspecified atom stereocenters. The number of allylic oxidation sites excluding steroid dienone is 4. The zero-order valence-corrected chi connectivity index (χ0v) is 8.02. The topological polar surface area (TPSA) is 3.24 Å². The first-order valence-corrected chi connectivity index (χ1v) is 3.16. The van der Waals surface area contributed by atoms with Crippen molar-refractivity contribution < 1.29 is 17.1 Å². The van der Waals surface area contributed by atoms with Crippen molar-refractivity contribution in [2.45, 2.75) is 6.42 Å². The van der Waals surface area contributed by atoms with Crippen LogP contribution in [-0.2, 0) is 17.1 Å². The van der Waals surface area contributed by atoms with Gasteiger partial charge >= 0.3 is 0 Å². The first kappa shape index (κ1) is 12.6. The van der Waals surface area contributed by atoms with Gasteiger partial charge in [0.05, 0.1) is 0 Å². The van der Waals surface area contributed by atoms with Crippen molar-refractivity contribution in [2.24, 2.45) is 0 Å². The van der Waals surface area contributed by atoms with Crippen LogP contribution in [0.5, 0.6) is 0 Å². The fourth-order valence-corrected chi connectivity index (χ4v) is 0.393. The maximum Gasteiger partial charge on any atom is 0 e. The summed E-state index contributed by atoms with van der Waals surface area (Å²) in [6.07, 6.45) is 9.50. The molecule has 0 fully saturated rings. The van der Waals surface area contributed by atoms with Gasteiger partial charge in [-0.2, -0.15) is 0 Å². The van der Waals surface area contributed by atoms with Gasteiger partial charge in [-0.15, -0.1) is 0 Å². The van der Waals surface area contributed by atoms with Crippen LogP contribution in [-0.4, -0.2) is 26.0 Å². The van der Waals surface area contributed by atoms with Crippen LogP contribution in [0.25, 0.3) is 0 Å². The SMILES string of the molecule is C1=CCC=C1.CN(C)C.[Mn]. The Morgan fingerprint density at radius 2 is 1.30 bits per heavy atom. The summed E-state index contributed by atoms with van der Waals surface area (Å²) in [5.41, 5.74) is 0. The number of hydrogen-bond donors (Lipinski definition) is 0. The Labute approximate surface area is 74.3 Å². The molecule has 1 radical (unpaired) electrons. The average Bonchev–Trinajstić information content (AvgIpc) is 2.11. The second kappa shape index (κ2) is 8.96. The van der Waals surface area contributed by atoms with Crippen LogP contribution in [0, 0.1) is 0 Å². The third-order valence-electron chi connectivity index (χ3n) is 0.655. The number of rotatable bonds is 0. The quantitative estimate of drug-likeness (QED) is 0.512. The van der Waals surface area contributed by atoms with Crippen LogP contribution in [0.15, 0.2) is 24.3 Å². The molecule has 0 saturated heterocycles. The minimum Gasteiger partial charge on any atom is -0.312 e. The largest absolute Gasteiger partial charge is 0.312 e. The summed E-state index contributed by atoms with van der Waals surface area (Å²) in [5.74, 6) is 0. The van der Waals surface area contributed by atoms with E-state index in [0.717, 1.165) is 6.42 Å². The van der Waals surface area contributed by atoms with E-state index in [0.29, 0.717) is 0 Å². The van der Waals surface area contributed by atoms with Gasteiger partial charge in [-0.25, -0.2) is 0 Å². The van der Waals surface area contributed by atoms with E-state index in [1.807, 2.05) is 26.0 Å². The van der Waals surface area contributed by atoms with Gasteiger partial charge in [0.15, 0.2) is 0 Å². The van der Waals surface area contributed by atoms with Gasteiger partial charge in [-0.1, -0.05) is 24.3 Å². The summed E-state index contributed by atoms with van der Waals surface area (Å²) in [5, 5.41) is 0. The monoisotopic (exact) mass is 180 g/mol. The fraction of sp³-hybridized carbons (Fsp3) is 0.500. The Balaban J connectivity index is 0. The summed E-state index contributed by atoms with van der Waals surface area (Å²) >= 11 is 0. The van der Waals surface area contributed by atoms with Gasteiger partial charge < -0.3 is 4.90 Å². The second-order valence-electron chi connectivity index (χ2n) is 2.43. The molecule has 0 aliphatic heterocycles. The molecule has 0 spiro atoms. The maximum absolute atomic E-state index is 2.12. The van der Waals surface area contributed by atoms with Crippen LogP contribution in [0.4, 0.5) is 0 Å². The molecule has 0 bridgehead atoms. The van der Waals surface area contributed by atoms with Crippen LogP contribution in [0.1, 0.15) is 6.42 Å². The van der Waals surface area contributed by atoms with Crippen LogP contribution in [0.3, 0.4) is 0 Å². The molecule has 1 rings (SSSR count). The predicted molar refractivity (Wildman–Crippen MR) is 42.5 cm³/mol. The zero-order valence-electron chi connectivity index (χ0n) is 6.84. The van der Waals surface area contributed by atoms with Crippen molar-refractivity contribution in [3.8, 4) is 0 Å². The van der Waals surface area contributed by atoms with Crippen molar-refractivity contribution in [1.29, 1.82) is 0 Å². The van der Waals surface area contributed by atoms with E-state index in [9.17, 15) is 0 Å². The molecule has 10 heavy (non-hydrogen) atoms. The van der Waals surface area contributed by atoms with E-state index in [4.69, 9.17) is 0 Å². The van der Waals surface area contributed by atoms with Crippen LogP contribution >= 0.6 is 0 Å². The molecule has 0 amide bonds. The van der Waals surface area contributed by atoms with Crippen molar-refractivity contribution in [3.05, 3.63) is 24.3 Å². The average molecular weight is 180 g/mol. The molecule has 0 heterocycles. The van der Waals surface area contributed by atoms with Crippen molar-refractivity contribution >= 4 is 0 Å². The first-order chi connectivity index (χ1) is 4.23. The molecule has 1 aliphatic carbocycles. The molecule has 1 aliphatic rings. The van der Waals surface area contributed by atoms with Crippen LogP contribution < -0.4 is 0 Å². The molecule has 0 aromatic carbocycles. The van der Waals surface area contributed by atoms with E-state index >= 15 is 0 Å². The molecular formula is C8H15MnN. The van der Waals surface area contributed by atoms with Gasteiger partial charge in [0.2, 0.25) is 0 Å². The molecule has 0 aromatic heterocycles. The molecular weight excluding hydrogens is 165 g/mol. The molecule has 1 nitrogen and oxygen atoms in total.